The van der Waals surface area contributed by atoms with Crippen molar-refractivity contribution in [1.29, 1.82) is 5.26 Å². The van der Waals surface area contributed by atoms with Crippen LogP contribution in [-0.2, 0) is 9.53 Å². The topological polar surface area (TPSA) is 53.3 Å². The molecule has 0 aromatic heterocycles. The number of nitrogens with zero attached hydrogens (tertiary/aromatic N) is 2. The van der Waals surface area contributed by atoms with Gasteiger partial charge in [-0.1, -0.05) is 30.3 Å². The van der Waals surface area contributed by atoms with Crippen molar-refractivity contribution in [2.75, 3.05) is 19.7 Å². The summed E-state index contributed by atoms with van der Waals surface area (Å²) in [6, 6.07) is 11.9. The molecule has 2 rings (SSSR count). The Morgan fingerprint density at radius 2 is 2.05 bits per heavy atom. The molecule has 20 heavy (non-hydrogen) atoms. The first-order valence-electron chi connectivity index (χ1n) is 7.11. The van der Waals surface area contributed by atoms with Gasteiger partial charge in [-0.2, -0.15) is 5.26 Å². The Labute approximate surface area is 120 Å². The molecule has 0 saturated carbocycles. The second-order valence-electron chi connectivity index (χ2n) is 5.00. The van der Waals surface area contributed by atoms with Gasteiger partial charge in [0.2, 0.25) is 0 Å². The van der Waals surface area contributed by atoms with Gasteiger partial charge >= 0.3 is 5.97 Å². The fourth-order valence-corrected chi connectivity index (χ4v) is 2.66. The van der Waals surface area contributed by atoms with Gasteiger partial charge in [-0.25, -0.2) is 0 Å². The molecule has 106 valence electrons. The maximum atomic E-state index is 11.7. The van der Waals surface area contributed by atoms with Gasteiger partial charge in [0.1, 0.15) is 6.04 Å². The van der Waals surface area contributed by atoms with Gasteiger partial charge in [0, 0.05) is 13.1 Å². The van der Waals surface area contributed by atoms with Crippen LogP contribution >= 0.6 is 0 Å². The van der Waals surface area contributed by atoms with Crippen LogP contribution in [0.4, 0.5) is 0 Å². The van der Waals surface area contributed by atoms with Gasteiger partial charge in [0.15, 0.2) is 0 Å². The van der Waals surface area contributed by atoms with Gasteiger partial charge in [0.05, 0.1) is 18.6 Å². The summed E-state index contributed by atoms with van der Waals surface area (Å²) in [6.07, 6.45) is 1.54. The number of hydrogen-bond donors (Lipinski definition) is 0. The minimum Gasteiger partial charge on any atom is -0.466 e. The van der Waals surface area contributed by atoms with Crippen LogP contribution in [-0.4, -0.2) is 30.6 Å². The SMILES string of the molecule is CCOC(=O)C1CCN([C@@H](C#N)c2ccccc2)CC1. The molecule has 0 amide bonds. The normalized spacial score (nSPS) is 18.2. The third kappa shape index (κ3) is 3.37. The molecule has 1 fully saturated rings. The number of esters is 1. The molecular formula is C16H20N2O2. The van der Waals surface area contributed by atoms with Crippen LogP contribution in [0.5, 0.6) is 0 Å². The number of piperidine rings is 1. The van der Waals surface area contributed by atoms with Crippen LogP contribution < -0.4 is 0 Å². The molecule has 1 aromatic rings. The van der Waals surface area contributed by atoms with Gasteiger partial charge in [-0.15, -0.1) is 0 Å². The highest BCUT2D eigenvalue weighted by Gasteiger charge is 2.29. The Balaban J connectivity index is 1.96. The Morgan fingerprint density at radius 3 is 2.60 bits per heavy atom. The quantitative estimate of drug-likeness (QED) is 0.790. The predicted octanol–water partition coefficient (Wildman–Crippen LogP) is 2.53. The highest BCUT2D eigenvalue weighted by molar-refractivity contribution is 5.72. The van der Waals surface area contributed by atoms with Gasteiger partial charge in [-0.05, 0) is 25.3 Å². The number of carbonyl (C=O) groups excluding carboxylic acids is 1. The van der Waals surface area contributed by atoms with Crippen molar-refractivity contribution in [3.63, 3.8) is 0 Å². The standard InChI is InChI=1S/C16H20N2O2/c1-2-20-16(19)14-8-10-18(11-9-14)15(12-17)13-6-4-3-5-7-13/h3-7,14-15H,2,8-11H2,1H3/t15-/m0/s1. The summed E-state index contributed by atoms with van der Waals surface area (Å²) in [5.41, 5.74) is 1.02. The molecule has 0 unspecified atom stereocenters. The van der Waals surface area contributed by atoms with Crippen molar-refractivity contribution in [3.8, 4) is 6.07 Å². The zero-order valence-corrected chi connectivity index (χ0v) is 11.8. The van der Waals surface area contributed by atoms with Gasteiger partial charge in [0.25, 0.3) is 0 Å². The third-order valence-electron chi connectivity index (χ3n) is 3.75. The smallest absolute Gasteiger partial charge is 0.309 e. The van der Waals surface area contributed by atoms with E-state index in [0.29, 0.717) is 6.61 Å². The third-order valence-corrected chi connectivity index (χ3v) is 3.75. The van der Waals surface area contributed by atoms with Gasteiger partial charge in [-0.3, -0.25) is 9.69 Å². The number of carbonyl (C=O) groups is 1. The lowest BCUT2D eigenvalue weighted by Crippen LogP contribution is -2.38. The summed E-state index contributed by atoms with van der Waals surface area (Å²) in [4.78, 5) is 13.9. The fraction of sp³-hybridized carbons (Fsp3) is 0.500. The Kier molecular flexibility index (Phi) is 5.14. The summed E-state index contributed by atoms with van der Waals surface area (Å²) in [6.45, 7) is 3.78. The van der Waals surface area contributed by atoms with E-state index in [2.05, 4.69) is 11.0 Å². The van der Waals surface area contributed by atoms with Gasteiger partial charge < -0.3 is 4.74 Å². The first kappa shape index (κ1) is 14.5. The number of rotatable bonds is 4. The molecule has 0 aliphatic carbocycles. The molecule has 0 bridgehead atoms. The molecule has 1 atom stereocenters. The number of ether oxygens (including phenoxy) is 1. The van der Waals surface area contributed by atoms with E-state index in [-0.39, 0.29) is 17.9 Å². The summed E-state index contributed by atoms with van der Waals surface area (Å²) >= 11 is 0. The molecule has 0 spiro atoms. The monoisotopic (exact) mass is 272 g/mol. The minimum absolute atomic E-state index is 0.0127. The second kappa shape index (κ2) is 7.06. The van der Waals surface area contributed by atoms with E-state index in [1.807, 2.05) is 37.3 Å². The van der Waals surface area contributed by atoms with Crippen LogP contribution in [0.15, 0.2) is 30.3 Å². The molecule has 1 aromatic carbocycles. The first-order chi connectivity index (χ1) is 9.76. The number of likely N-dealkylation sites (tertiary alicyclic amines) is 1. The maximum Gasteiger partial charge on any atom is 0.309 e. The Hall–Kier alpha value is -1.86. The van der Waals surface area contributed by atoms with Crippen molar-refractivity contribution in [2.45, 2.75) is 25.8 Å². The molecule has 0 radical (unpaired) electrons. The van der Waals surface area contributed by atoms with Crippen LogP contribution in [0, 0.1) is 17.2 Å². The van der Waals surface area contributed by atoms with Crippen molar-refractivity contribution in [2.24, 2.45) is 5.92 Å². The van der Waals surface area contributed by atoms with Crippen molar-refractivity contribution < 1.29 is 9.53 Å². The predicted molar refractivity (Wildman–Crippen MR) is 75.7 cm³/mol. The van der Waals surface area contributed by atoms with E-state index in [0.717, 1.165) is 31.5 Å². The Morgan fingerprint density at radius 1 is 1.40 bits per heavy atom. The molecule has 4 nitrogen and oxygen atoms in total. The minimum atomic E-state index is -0.223. The van der Waals surface area contributed by atoms with Crippen LogP contribution in [0.25, 0.3) is 0 Å². The van der Waals surface area contributed by atoms with E-state index in [1.54, 1.807) is 0 Å². The van der Waals surface area contributed by atoms with Crippen LogP contribution in [0.1, 0.15) is 31.4 Å². The van der Waals surface area contributed by atoms with E-state index >= 15 is 0 Å². The summed E-state index contributed by atoms with van der Waals surface area (Å²) in [5.74, 6) is -0.110. The molecule has 1 aliphatic rings. The number of hydrogen-bond acceptors (Lipinski definition) is 4. The highest BCUT2D eigenvalue weighted by atomic mass is 16.5. The molecular weight excluding hydrogens is 252 g/mol. The van der Waals surface area contributed by atoms with E-state index < -0.39 is 0 Å². The average molecular weight is 272 g/mol. The summed E-state index contributed by atoms with van der Waals surface area (Å²) < 4.78 is 5.07. The number of benzene rings is 1. The number of nitriles is 1. The van der Waals surface area contributed by atoms with Crippen molar-refractivity contribution in [1.82, 2.24) is 4.90 Å². The lowest BCUT2D eigenvalue weighted by Gasteiger charge is -2.33. The maximum absolute atomic E-state index is 11.7. The van der Waals surface area contributed by atoms with Crippen molar-refractivity contribution >= 4 is 5.97 Å². The molecule has 1 aliphatic heterocycles. The average Bonchev–Trinajstić information content (AvgIpc) is 2.50. The molecule has 0 N–H and O–H groups in total. The molecule has 4 heteroatoms. The second-order valence-corrected chi connectivity index (χ2v) is 5.00. The first-order valence-corrected chi connectivity index (χ1v) is 7.11. The zero-order chi connectivity index (χ0) is 14.4. The molecule has 1 saturated heterocycles. The van der Waals surface area contributed by atoms with E-state index in [1.165, 1.54) is 0 Å². The van der Waals surface area contributed by atoms with Crippen LogP contribution in [0.3, 0.4) is 0 Å². The summed E-state index contributed by atoms with van der Waals surface area (Å²) in [7, 11) is 0. The molecule has 1 heterocycles. The largest absolute Gasteiger partial charge is 0.466 e. The fourth-order valence-electron chi connectivity index (χ4n) is 2.66. The summed E-state index contributed by atoms with van der Waals surface area (Å²) in [5, 5.41) is 9.41. The lowest BCUT2D eigenvalue weighted by molar-refractivity contribution is -0.149. The van der Waals surface area contributed by atoms with E-state index in [4.69, 9.17) is 4.74 Å². The Bertz CT molecular complexity index is 473. The highest BCUT2D eigenvalue weighted by Crippen LogP contribution is 2.26. The van der Waals surface area contributed by atoms with E-state index in [9.17, 15) is 10.1 Å². The van der Waals surface area contributed by atoms with Crippen molar-refractivity contribution in [3.05, 3.63) is 35.9 Å². The van der Waals surface area contributed by atoms with Crippen LogP contribution in [0.2, 0.25) is 0 Å². The lowest BCUT2D eigenvalue weighted by atomic mass is 9.94. The zero-order valence-electron chi connectivity index (χ0n) is 11.8.